The number of halogens is 3. The summed E-state index contributed by atoms with van der Waals surface area (Å²) in [4.78, 5) is 14.7. The van der Waals surface area contributed by atoms with Crippen LogP contribution in [0.3, 0.4) is 0 Å². The van der Waals surface area contributed by atoms with Gasteiger partial charge in [0.25, 0.3) is 5.91 Å². The number of hydrogen-bond acceptors (Lipinski definition) is 3. The lowest BCUT2D eigenvalue weighted by Crippen LogP contribution is -2.38. The Balaban J connectivity index is 1.64. The smallest absolute Gasteiger partial charge is 0.406 e. The average Bonchev–Trinajstić information content (AvgIpc) is 3.11. The highest BCUT2D eigenvalue weighted by Gasteiger charge is 2.33. The third kappa shape index (κ3) is 4.11. The summed E-state index contributed by atoms with van der Waals surface area (Å²) in [6, 6.07) is 13.0. The Kier molecular flexibility index (Phi) is 4.77. The number of nitrogens with zero attached hydrogens (tertiary/aromatic N) is 3. The van der Waals surface area contributed by atoms with Crippen molar-refractivity contribution in [3.05, 3.63) is 83.2 Å². The van der Waals surface area contributed by atoms with Crippen LogP contribution >= 0.6 is 0 Å². The van der Waals surface area contributed by atoms with Crippen LogP contribution in [0, 0.1) is 0 Å². The molecule has 2 aromatic carbocycles. The maximum absolute atomic E-state index is 13.1. The zero-order valence-corrected chi connectivity index (χ0v) is 15.6. The van der Waals surface area contributed by atoms with E-state index in [0.717, 1.165) is 22.8 Å². The molecule has 2 heterocycles. The van der Waals surface area contributed by atoms with Gasteiger partial charge in [-0.05, 0) is 34.9 Å². The van der Waals surface area contributed by atoms with Gasteiger partial charge in [0.15, 0.2) is 0 Å². The number of fused-ring (bicyclic) bond motifs is 1. The van der Waals surface area contributed by atoms with E-state index >= 15 is 0 Å². The Bertz CT molecular complexity index is 1050. The monoisotopic (exact) mass is 401 g/mol. The van der Waals surface area contributed by atoms with E-state index in [1.807, 2.05) is 37.5 Å². The van der Waals surface area contributed by atoms with Crippen molar-refractivity contribution in [3.8, 4) is 5.75 Å². The summed E-state index contributed by atoms with van der Waals surface area (Å²) >= 11 is 0. The predicted molar refractivity (Wildman–Crippen MR) is 99.4 cm³/mol. The van der Waals surface area contributed by atoms with Crippen molar-refractivity contribution in [2.24, 2.45) is 7.05 Å². The summed E-state index contributed by atoms with van der Waals surface area (Å²) in [7, 11) is 1.83. The van der Waals surface area contributed by atoms with Gasteiger partial charge in [0, 0.05) is 37.8 Å². The number of aromatic nitrogens is 2. The standard InChI is InChI=1S/C21H18F3N3O2/c1-26-11-16(10-25-26)19-13-27(12-15-5-2-3-8-18(15)19)20(28)14-6-4-7-17(9-14)29-21(22,23)24/h2-11,19H,12-13H2,1H3. The van der Waals surface area contributed by atoms with E-state index in [0.29, 0.717) is 13.1 Å². The molecular weight excluding hydrogens is 383 g/mol. The van der Waals surface area contributed by atoms with E-state index in [2.05, 4.69) is 9.84 Å². The molecule has 0 radical (unpaired) electrons. The lowest BCUT2D eigenvalue weighted by atomic mass is 9.86. The van der Waals surface area contributed by atoms with E-state index in [1.165, 1.54) is 18.2 Å². The molecule has 0 spiro atoms. The zero-order chi connectivity index (χ0) is 20.6. The molecule has 5 nitrogen and oxygen atoms in total. The number of carbonyl (C=O) groups is 1. The molecule has 0 N–H and O–H groups in total. The van der Waals surface area contributed by atoms with Crippen molar-refractivity contribution < 1.29 is 22.7 Å². The molecule has 8 heteroatoms. The van der Waals surface area contributed by atoms with Crippen LogP contribution in [0.25, 0.3) is 0 Å². The summed E-state index contributed by atoms with van der Waals surface area (Å²) in [6.07, 6.45) is -1.13. The van der Waals surface area contributed by atoms with Crippen LogP contribution in [0.15, 0.2) is 60.9 Å². The van der Waals surface area contributed by atoms with Crippen molar-refractivity contribution in [3.63, 3.8) is 0 Å². The minimum atomic E-state index is -4.81. The molecule has 3 aromatic rings. The predicted octanol–water partition coefficient (Wildman–Crippen LogP) is 4.11. The average molecular weight is 401 g/mol. The van der Waals surface area contributed by atoms with Crippen LogP contribution in [0.5, 0.6) is 5.75 Å². The van der Waals surface area contributed by atoms with Gasteiger partial charge in [-0.3, -0.25) is 9.48 Å². The summed E-state index contributed by atoms with van der Waals surface area (Å²) in [5.41, 5.74) is 3.25. The second-order valence-corrected chi connectivity index (χ2v) is 6.96. The van der Waals surface area contributed by atoms with Crippen molar-refractivity contribution in [1.29, 1.82) is 0 Å². The number of aryl methyl sites for hydroxylation is 1. The fourth-order valence-electron chi connectivity index (χ4n) is 3.68. The first-order valence-corrected chi connectivity index (χ1v) is 9.01. The van der Waals surface area contributed by atoms with Gasteiger partial charge in [-0.25, -0.2) is 0 Å². The second-order valence-electron chi connectivity index (χ2n) is 6.96. The lowest BCUT2D eigenvalue weighted by Gasteiger charge is -2.34. The molecule has 1 atom stereocenters. The summed E-state index contributed by atoms with van der Waals surface area (Å²) in [5.74, 6) is -0.821. The van der Waals surface area contributed by atoms with E-state index in [4.69, 9.17) is 0 Å². The first kappa shape index (κ1) is 19.0. The lowest BCUT2D eigenvalue weighted by molar-refractivity contribution is -0.274. The number of hydrogen-bond donors (Lipinski definition) is 0. The minimum absolute atomic E-state index is 0.0628. The number of amides is 1. The molecule has 29 heavy (non-hydrogen) atoms. The van der Waals surface area contributed by atoms with Crippen molar-refractivity contribution in [1.82, 2.24) is 14.7 Å². The van der Waals surface area contributed by atoms with Gasteiger partial charge >= 0.3 is 6.36 Å². The van der Waals surface area contributed by atoms with E-state index in [9.17, 15) is 18.0 Å². The Labute approximate surface area is 165 Å². The Morgan fingerprint density at radius 1 is 1.17 bits per heavy atom. The van der Waals surface area contributed by atoms with Crippen LogP contribution < -0.4 is 4.74 Å². The van der Waals surface area contributed by atoms with Gasteiger partial charge in [-0.2, -0.15) is 5.10 Å². The number of benzene rings is 2. The summed E-state index contributed by atoms with van der Waals surface area (Å²) < 4.78 is 43.2. The van der Waals surface area contributed by atoms with Gasteiger partial charge < -0.3 is 9.64 Å². The maximum atomic E-state index is 13.1. The van der Waals surface area contributed by atoms with Gasteiger partial charge in [-0.1, -0.05) is 30.3 Å². The maximum Gasteiger partial charge on any atom is 0.573 e. The third-order valence-corrected chi connectivity index (χ3v) is 4.92. The second kappa shape index (κ2) is 7.27. The van der Waals surface area contributed by atoms with Gasteiger partial charge in [0.1, 0.15) is 5.75 Å². The van der Waals surface area contributed by atoms with E-state index in [-0.39, 0.29) is 17.4 Å². The summed E-state index contributed by atoms with van der Waals surface area (Å²) in [6.45, 7) is 0.794. The molecular formula is C21H18F3N3O2. The van der Waals surface area contributed by atoms with Gasteiger partial charge in [0.2, 0.25) is 0 Å². The number of rotatable bonds is 3. The molecule has 1 aliphatic rings. The van der Waals surface area contributed by atoms with Crippen molar-refractivity contribution >= 4 is 5.91 Å². The van der Waals surface area contributed by atoms with Gasteiger partial charge in [0.05, 0.1) is 6.20 Å². The SMILES string of the molecule is Cn1cc(C2CN(C(=O)c3cccc(OC(F)(F)F)c3)Cc3ccccc32)cn1. The molecule has 1 aromatic heterocycles. The van der Waals surface area contributed by atoms with Crippen LogP contribution in [0.4, 0.5) is 13.2 Å². The first-order valence-electron chi connectivity index (χ1n) is 9.01. The first-order chi connectivity index (χ1) is 13.8. The molecule has 0 fully saturated rings. The highest BCUT2D eigenvalue weighted by atomic mass is 19.4. The molecule has 0 bridgehead atoms. The van der Waals surface area contributed by atoms with Crippen LogP contribution in [0.1, 0.15) is 33.0 Å². The van der Waals surface area contributed by atoms with Crippen molar-refractivity contribution in [2.45, 2.75) is 18.8 Å². The largest absolute Gasteiger partial charge is 0.573 e. The third-order valence-electron chi connectivity index (χ3n) is 4.92. The highest BCUT2D eigenvalue weighted by molar-refractivity contribution is 5.94. The fraction of sp³-hybridized carbons (Fsp3) is 0.238. The molecule has 1 unspecified atom stereocenters. The molecule has 1 aliphatic heterocycles. The number of carbonyl (C=O) groups excluding carboxylic acids is 1. The van der Waals surface area contributed by atoms with E-state index < -0.39 is 12.1 Å². The highest BCUT2D eigenvalue weighted by Crippen LogP contribution is 2.34. The van der Waals surface area contributed by atoms with Crippen LogP contribution in [-0.2, 0) is 13.6 Å². The molecule has 1 amide bonds. The molecule has 0 saturated heterocycles. The molecule has 150 valence electrons. The zero-order valence-electron chi connectivity index (χ0n) is 15.6. The topological polar surface area (TPSA) is 47.4 Å². The minimum Gasteiger partial charge on any atom is -0.406 e. The quantitative estimate of drug-likeness (QED) is 0.664. The fourth-order valence-corrected chi connectivity index (χ4v) is 3.68. The normalized spacial score (nSPS) is 16.4. The van der Waals surface area contributed by atoms with E-state index in [1.54, 1.807) is 15.8 Å². The van der Waals surface area contributed by atoms with Crippen LogP contribution in [0.2, 0.25) is 0 Å². The Morgan fingerprint density at radius 3 is 2.69 bits per heavy atom. The number of ether oxygens (including phenoxy) is 1. The Morgan fingerprint density at radius 2 is 1.97 bits per heavy atom. The Hall–Kier alpha value is -3.29. The molecule has 0 aliphatic carbocycles. The number of alkyl halides is 3. The summed E-state index contributed by atoms with van der Waals surface area (Å²) in [5, 5.41) is 4.23. The molecule has 4 rings (SSSR count). The molecule has 0 saturated carbocycles. The van der Waals surface area contributed by atoms with Crippen molar-refractivity contribution in [2.75, 3.05) is 6.54 Å². The van der Waals surface area contributed by atoms with Crippen LogP contribution in [-0.4, -0.2) is 33.5 Å². The van der Waals surface area contributed by atoms with Gasteiger partial charge in [-0.15, -0.1) is 13.2 Å².